The Morgan fingerprint density at radius 1 is 1.29 bits per heavy atom. The first-order chi connectivity index (χ1) is 11.6. The summed E-state index contributed by atoms with van der Waals surface area (Å²) in [5.74, 6) is -2.10. The summed E-state index contributed by atoms with van der Waals surface area (Å²) in [6.07, 6.45) is 1.42. The molecule has 2 aliphatic rings. The van der Waals surface area contributed by atoms with E-state index in [0.717, 1.165) is 12.0 Å². The number of benzene rings is 1. The molecule has 24 heavy (non-hydrogen) atoms. The second-order valence-electron chi connectivity index (χ2n) is 6.12. The summed E-state index contributed by atoms with van der Waals surface area (Å²) in [7, 11) is 1.45. The van der Waals surface area contributed by atoms with Crippen molar-refractivity contribution >= 4 is 0 Å². The van der Waals surface area contributed by atoms with Crippen molar-refractivity contribution in [3.63, 3.8) is 0 Å². The number of pyridine rings is 1. The lowest BCUT2D eigenvalue weighted by atomic mass is 9.88. The Kier molecular flexibility index (Phi) is 3.15. The Labute approximate surface area is 138 Å². The van der Waals surface area contributed by atoms with Crippen LogP contribution in [0.4, 0.5) is 0 Å². The van der Waals surface area contributed by atoms with Gasteiger partial charge in [0.05, 0.1) is 24.5 Å². The number of rotatable bonds is 2. The minimum absolute atomic E-state index is 0.103. The van der Waals surface area contributed by atoms with Crippen molar-refractivity contribution in [1.82, 2.24) is 4.98 Å². The fourth-order valence-corrected chi connectivity index (χ4v) is 3.93. The van der Waals surface area contributed by atoms with E-state index in [0.29, 0.717) is 12.0 Å². The average molecular weight is 324 g/mol. The van der Waals surface area contributed by atoms with Crippen molar-refractivity contribution in [2.75, 3.05) is 7.11 Å². The number of nitrogens with zero attached hydrogens (tertiary/aromatic N) is 2. The van der Waals surface area contributed by atoms with Crippen LogP contribution in [-0.2, 0) is 0 Å². The zero-order chi connectivity index (χ0) is 16.9. The van der Waals surface area contributed by atoms with Crippen molar-refractivity contribution in [3.8, 4) is 23.4 Å². The molecular weight excluding hydrogens is 308 g/mol. The zero-order valence-electron chi connectivity index (χ0n) is 13.1. The van der Waals surface area contributed by atoms with E-state index in [9.17, 15) is 10.2 Å². The van der Waals surface area contributed by atoms with Gasteiger partial charge in [-0.1, -0.05) is 30.3 Å². The molecule has 0 radical (unpaired) electrons. The number of aliphatic hydroxyl groups is 1. The van der Waals surface area contributed by atoms with Gasteiger partial charge in [-0.3, -0.25) is 0 Å². The first kappa shape index (κ1) is 14.8. The third-order valence-corrected chi connectivity index (χ3v) is 4.99. The standard InChI is InChI=1S/C18H16N2O4/c1-23-17-14-12-8-7-11(10-5-3-2-4-6-10)18(12,22)24-16(14)15(21)13(9-19)20-17/h2-6,11-12,21-22H,7-8H2,1H3. The van der Waals surface area contributed by atoms with E-state index >= 15 is 0 Å². The summed E-state index contributed by atoms with van der Waals surface area (Å²) in [6, 6.07) is 11.5. The average Bonchev–Trinajstić information content (AvgIpc) is 3.08. The summed E-state index contributed by atoms with van der Waals surface area (Å²) in [5, 5.41) is 30.7. The van der Waals surface area contributed by atoms with Crippen LogP contribution in [0.2, 0.25) is 0 Å². The smallest absolute Gasteiger partial charge is 0.222 e. The highest BCUT2D eigenvalue weighted by Crippen LogP contribution is 2.62. The lowest BCUT2D eigenvalue weighted by molar-refractivity contribution is -0.140. The van der Waals surface area contributed by atoms with Gasteiger partial charge in [-0.25, -0.2) is 0 Å². The third-order valence-electron chi connectivity index (χ3n) is 4.99. The van der Waals surface area contributed by atoms with Crippen LogP contribution >= 0.6 is 0 Å². The van der Waals surface area contributed by atoms with Crippen molar-refractivity contribution < 1.29 is 19.7 Å². The number of aromatic hydroxyl groups is 1. The predicted octanol–water partition coefficient (Wildman–Crippen LogP) is 2.41. The highest BCUT2D eigenvalue weighted by atomic mass is 16.6. The van der Waals surface area contributed by atoms with Crippen LogP contribution in [0.5, 0.6) is 17.4 Å². The van der Waals surface area contributed by atoms with Gasteiger partial charge in [-0.15, -0.1) is 0 Å². The van der Waals surface area contributed by atoms with Crippen LogP contribution in [0.15, 0.2) is 30.3 Å². The van der Waals surface area contributed by atoms with Crippen molar-refractivity contribution in [2.45, 2.75) is 30.5 Å². The number of hydrogen-bond donors (Lipinski definition) is 2. The molecule has 1 saturated carbocycles. The maximum Gasteiger partial charge on any atom is 0.222 e. The SMILES string of the molecule is COc1nc(C#N)c(O)c2c1C1CCC(c3ccccc3)C1(O)O2. The van der Waals surface area contributed by atoms with Gasteiger partial charge in [0.2, 0.25) is 11.7 Å². The number of hydrogen-bond acceptors (Lipinski definition) is 6. The van der Waals surface area contributed by atoms with Crippen LogP contribution in [-0.4, -0.2) is 28.1 Å². The van der Waals surface area contributed by atoms with Crippen LogP contribution in [0, 0.1) is 11.3 Å². The molecular formula is C18H16N2O4. The topological polar surface area (TPSA) is 95.6 Å². The van der Waals surface area contributed by atoms with Gasteiger partial charge in [0.25, 0.3) is 0 Å². The lowest BCUT2D eigenvalue weighted by Gasteiger charge is -2.29. The van der Waals surface area contributed by atoms with E-state index in [1.54, 1.807) is 0 Å². The highest BCUT2D eigenvalue weighted by Gasteiger charge is 2.59. The van der Waals surface area contributed by atoms with Gasteiger partial charge in [-0.05, 0) is 18.4 Å². The van der Waals surface area contributed by atoms with Gasteiger partial charge in [-0.2, -0.15) is 10.2 Å². The highest BCUT2D eigenvalue weighted by molar-refractivity contribution is 5.61. The summed E-state index contributed by atoms with van der Waals surface area (Å²) < 4.78 is 11.1. The molecule has 122 valence electrons. The maximum atomic E-state index is 11.3. The van der Waals surface area contributed by atoms with Gasteiger partial charge in [0, 0.05) is 0 Å². The number of fused-ring (bicyclic) bond motifs is 3. The molecule has 4 rings (SSSR count). The Morgan fingerprint density at radius 2 is 2.00 bits per heavy atom. The molecule has 2 aromatic rings. The van der Waals surface area contributed by atoms with Gasteiger partial charge < -0.3 is 19.7 Å². The minimum atomic E-state index is -1.48. The Hall–Kier alpha value is -2.78. The number of methoxy groups -OCH3 is 1. The maximum absolute atomic E-state index is 11.3. The van der Waals surface area contributed by atoms with Crippen LogP contribution in [0.25, 0.3) is 0 Å². The molecule has 0 saturated heterocycles. The summed E-state index contributed by atoms with van der Waals surface area (Å²) in [5.41, 5.74) is 1.34. The second kappa shape index (κ2) is 5.11. The normalized spacial score (nSPS) is 27.0. The Balaban J connectivity index is 1.85. The number of nitriles is 1. The molecule has 0 spiro atoms. The Bertz CT molecular complexity index is 846. The van der Waals surface area contributed by atoms with E-state index in [1.807, 2.05) is 36.4 Å². The van der Waals surface area contributed by atoms with E-state index in [4.69, 9.17) is 14.7 Å². The number of aromatic nitrogens is 1. The van der Waals surface area contributed by atoms with E-state index in [1.165, 1.54) is 7.11 Å². The molecule has 1 aliphatic heterocycles. The van der Waals surface area contributed by atoms with Crippen molar-refractivity contribution in [3.05, 3.63) is 47.2 Å². The lowest BCUT2D eigenvalue weighted by Crippen LogP contribution is -2.39. The minimum Gasteiger partial charge on any atom is -0.502 e. The van der Waals surface area contributed by atoms with Gasteiger partial charge >= 0.3 is 0 Å². The number of ether oxygens (including phenoxy) is 2. The quantitative estimate of drug-likeness (QED) is 0.881. The molecule has 6 heteroatoms. The van der Waals surface area contributed by atoms with Gasteiger partial charge in [0.15, 0.2) is 17.2 Å². The molecule has 1 aliphatic carbocycles. The molecule has 0 amide bonds. The van der Waals surface area contributed by atoms with Crippen LogP contribution in [0.3, 0.4) is 0 Å². The summed E-state index contributed by atoms with van der Waals surface area (Å²) in [4.78, 5) is 4.05. The van der Waals surface area contributed by atoms with E-state index < -0.39 is 5.79 Å². The largest absolute Gasteiger partial charge is 0.502 e. The second-order valence-corrected chi connectivity index (χ2v) is 6.12. The molecule has 2 N–H and O–H groups in total. The molecule has 6 nitrogen and oxygen atoms in total. The molecule has 0 bridgehead atoms. The van der Waals surface area contributed by atoms with Crippen LogP contribution in [0.1, 0.15) is 41.5 Å². The molecule has 1 aromatic carbocycles. The fourth-order valence-electron chi connectivity index (χ4n) is 3.93. The molecule has 1 aromatic heterocycles. The van der Waals surface area contributed by atoms with Crippen LogP contribution < -0.4 is 9.47 Å². The fraction of sp³-hybridized carbons (Fsp3) is 0.333. The first-order valence-corrected chi connectivity index (χ1v) is 7.77. The third kappa shape index (κ3) is 1.82. The van der Waals surface area contributed by atoms with E-state index in [-0.39, 0.29) is 34.9 Å². The van der Waals surface area contributed by atoms with Crippen molar-refractivity contribution in [2.24, 2.45) is 0 Å². The summed E-state index contributed by atoms with van der Waals surface area (Å²) in [6.45, 7) is 0. The monoisotopic (exact) mass is 324 g/mol. The predicted molar refractivity (Wildman–Crippen MR) is 83.9 cm³/mol. The molecule has 1 fully saturated rings. The molecule has 2 heterocycles. The molecule has 3 unspecified atom stereocenters. The Morgan fingerprint density at radius 3 is 2.67 bits per heavy atom. The zero-order valence-corrected chi connectivity index (χ0v) is 13.1. The summed E-state index contributed by atoms with van der Waals surface area (Å²) >= 11 is 0. The first-order valence-electron chi connectivity index (χ1n) is 7.77. The van der Waals surface area contributed by atoms with Crippen molar-refractivity contribution in [1.29, 1.82) is 5.26 Å². The van der Waals surface area contributed by atoms with E-state index in [2.05, 4.69) is 4.98 Å². The van der Waals surface area contributed by atoms with Gasteiger partial charge in [0.1, 0.15) is 6.07 Å². The molecule has 3 atom stereocenters.